The summed E-state index contributed by atoms with van der Waals surface area (Å²) in [7, 11) is -3.24. The predicted octanol–water partition coefficient (Wildman–Crippen LogP) is 6.25. The van der Waals surface area contributed by atoms with E-state index in [0.717, 1.165) is 64.5 Å². The van der Waals surface area contributed by atoms with Crippen molar-refractivity contribution in [3.8, 4) is 0 Å². The lowest BCUT2D eigenvalue weighted by molar-refractivity contribution is -0.128. The molecular formula is C24H42NO3P. The van der Waals surface area contributed by atoms with E-state index in [1.807, 2.05) is 35.2 Å². The van der Waals surface area contributed by atoms with Crippen LogP contribution >= 0.6 is 7.37 Å². The normalized spacial score (nSPS) is 14.3. The predicted molar refractivity (Wildman–Crippen MR) is 124 cm³/mol. The van der Waals surface area contributed by atoms with Crippen molar-refractivity contribution in [3.05, 3.63) is 30.3 Å². The summed E-state index contributed by atoms with van der Waals surface area (Å²) in [6.07, 6.45) is 8.37. The minimum Gasteiger partial charge on any atom is -0.342 e. The van der Waals surface area contributed by atoms with Crippen molar-refractivity contribution >= 4 is 18.6 Å². The topological polar surface area (TPSA) is 46.6 Å². The van der Waals surface area contributed by atoms with Crippen LogP contribution < -0.4 is 5.30 Å². The van der Waals surface area contributed by atoms with Crippen molar-refractivity contribution in [2.45, 2.75) is 79.1 Å². The highest BCUT2D eigenvalue weighted by Gasteiger charge is 2.32. The summed E-state index contributed by atoms with van der Waals surface area (Å²) in [5, 5.41) is 0.657. The lowest BCUT2D eigenvalue weighted by atomic mass is 10.0. The molecule has 1 aromatic rings. The van der Waals surface area contributed by atoms with Crippen LogP contribution in [0.1, 0.15) is 79.1 Å². The van der Waals surface area contributed by atoms with Gasteiger partial charge in [-0.25, -0.2) is 0 Å². The van der Waals surface area contributed by atoms with Crippen LogP contribution in [0.5, 0.6) is 0 Å². The van der Waals surface area contributed by atoms with Crippen LogP contribution in [0.2, 0.25) is 0 Å². The van der Waals surface area contributed by atoms with E-state index in [4.69, 9.17) is 4.52 Å². The van der Waals surface area contributed by atoms with Gasteiger partial charge in [0.1, 0.15) is 6.16 Å². The summed E-state index contributed by atoms with van der Waals surface area (Å²) in [4.78, 5) is 15.0. The minimum absolute atomic E-state index is 0.0331. The van der Waals surface area contributed by atoms with E-state index in [0.29, 0.717) is 17.8 Å². The number of carbonyl (C=O) groups is 1. The Hall–Kier alpha value is -1.12. The number of nitrogens with zero attached hydrogens (tertiary/aromatic N) is 1. The SMILES string of the molecule is CCCCC(CC)COP(=O)(CC(=O)N(CCCC)CCCC)c1ccccc1. The number of amides is 1. The van der Waals surface area contributed by atoms with Crippen molar-refractivity contribution in [2.75, 3.05) is 25.9 Å². The Morgan fingerprint density at radius 2 is 1.55 bits per heavy atom. The molecule has 2 unspecified atom stereocenters. The number of carbonyl (C=O) groups excluding carboxylic acids is 1. The monoisotopic (exact) mass is 423 g/mol. The van der Waals surface area contributed by atoms with Gasteiger partial charge in [-0.2, -0.15) is 0 Å². The van der Waals surface area contributed by atoms with Gasteiger partial charge in [-0.3, -0.25) is 9.36 Å². The Kier molecular flexibility index (Phi) is 13.2. The number of benzene rings is 1. The van der Waals surface area contributed by atoms with E-state index < -0.39 is 7.37 Å². The average Bonchev–Trinajstić information content (AvgIpc) is 2.74. The minimum atomic E-state index is -3.24. The smallest absolute Gasteiger partial charge is 0.241 e. The maximum atomic E-state index is 13.9. The number of rotatable bonds is 16. The zero-order valence-electron chi connectivity index (χ0n) is 19.1. The zero-order valence-corrected chi connectivity index (χ0v) is 20.0. The molecule has 0 heterocycles. The molecule has 2 atom stereocenters. The van der Waals surface area contributed by atoms with Gasteiger partial charge in [0.15, 0.2) is 0 Å². The number of hydrogen-bond donors (Lipinski definition) is 0. The quantitative estimate of drug-likeness (QED) is 0.295. The number of unbranched alkanes of at least 4 members (excludes halogenated alkanes) is 3. The van der Waals surface area contributed by atoms with Crippen molar-refractivity contribution in [1.82, 2.24) is 4.90 Å². The fourth-order valence-corrected chi connectivity index (χ4v) is 5.38. The van der Waals surface area contributed by atoms with Gasteiger partial charge in [-0.05, 0) is 37.3 Å². The van der Waals surface area contributed by atoms with Gasteiger partial charge >= 0.3 is 0 Å². The molecule has 0 aromatic heterocycles. The van der Waals surface area contributed by atoms with Crippen molar-refractivity contribution in [3.63, 3.8) is 0 Å². The van der Waals surface area contributed by atoms with Crippen molar-refractivity contribution < 1.29 is 13.9 Å². The standard InChI is InChI=1S/C24H42NO3P/c1-5-9-15-22(8-4)20-28-29(27,23-16-13-12-14-17-23)21-24(26)25(18-10-6-2)19-11-7-3/h12-14,16-17,22H,5-11,15,18-21H2,1-4H3. The van der Waals surface area contributed by atoms with E-state index in [-0.39, 0.29) is 12.1 Å². The first-order chi connectivity index (χ1) is 14.0. The van der Waals surface area contributed by atoms with E-state index in [1.165, 1.54) is 0 Å². The first-order valence-electron chi connectivity index (χ1n) is 11.6. The van der Waals surface area contributed by atoms with E-state index >= 15 is 0 Å². The van der Waals surface area contributed by atoms with E-state index in [1.54, 1.807) is 0 Å². The molecule has 1 aromatic carbocycles. The molecule has 0 aliphatic heterocycles. The van der Waals surface area contributed by atoms with E-state index in [2.05, 4.69) is 27.7 Å². The molecule has 29 heavy (non-hydrogen) atoms. The fraction of sp³-hybridized carbons (Fsp3) is 0.708. The van der Waals surface area contributed by atoms with Crippen LogP contribution in [-0.4, -0.2) is 36.7 Å². The summed E-state index contributed by atoms with van der Waals surface area (Å²) >= 11 is 0. The Labute approximate surface area is 178 Å². The largest absolute Gasteiger partial charge is 0.342 e. The molecule has 1 rings (SSSR count). The van der Waals surface area contributed by atoms with Gasteiger partial charge in [0.2, 0.25) is 13.3 Å². The first-order valence-corrected chi connectivity index (χ1v) is 13.4. The first kappa shape index (κ1) is 25.9. The second-order valence-corrected chi connectivity index (χ2v) is 10.4. The van der Waals surface area contributed by atoms with Crippen LogP contribution in [0.3, 0.4) is 0 Å². The third kappa shape index (κ3) is 9.49. The van der Waals surface area contributed by atoms with Crippen LogP contribution in [0, 0.1) is 5.92 Å². The lowest BCUT2D eigenvalue weighted by Gasteiger charge is -2.27. The summed E-state index contributed by atoms with van der Waals surface area (Å²) in [6, 6.07) is 9.32. The summed E-state index contributed by atoms with van der Waals surface area (Å²) in [6.45, 7) is 10.5. The molecule has 0 radical (unpaired) electrons. The van der Waals surface area contributed by atoms with Crippen LogP contribution in [0.4, 0.5) is 0 Å². The molecule has 0 aliphatic rings. The molecule has 1 amide bonds. The molecule has 166 valence electrons. The second-order valence-electron chi connectivity index (χ2n) is 7.97. The third-order valence-electron chi connectivity index (χ3n) is 5.47. The van der Waals surface area contributed by atoms with Crippen LogP contribution in [0.25, 0.3) is 0 Å². The maximum absolute atomic E-state index is 13.9. The molecule has 0 saturated heterocycles. The number of hydrogen-bond acceptors (Lipinski definition) is 3. The molecule has 0 aliphatic carbocycles. The maximum Gasteiger partial charge on any atom is 0.241 e. The molecule has 0 saturated carbocycles. The molecule has 0 bridgehead atoms. The molecule has 5 heteroatoms. The van der Waals surface area contributed by atoms with Gasteiger partial charge in [0.25, 0.3) is 0 Å². The molecule has 0 N–H and O–H groups in total. The van der Waals surface area contributed by atoms with Crippen molar-refractivity contribution in [2.24, 2.45) is 5.92 Å². The summed E-state index contributed by atoms with van der Waals surface area (Å²) < 4.78 is 20.0. The van der Waals surface area contributed by atoms with Crippen LogP contribution in [-0.2, 0) is 13.9 Å². The zero-order chi connectivity index (χ0) is 21.5. The van der Waals surface area contributed by atoms with Gasteiger partial charge in [0, 0.05) is 18.4 Å². The summed E-state index contributed by atoms with van der Waals surface area (Å²) in [5.41, 5.74) is 0. The Balaban J connectivity index is 2.95. The fourth-order valence-electron chi connectivity index (χ4n) is 3.33. The molecular weight excluding hydrogens is 381 g/mol. The second kappa shape index (κ2) is 14.8. The van der Waals surface area contributed by atoms with Crippen LogP contribution in [0.15, 0.2) is 30.3 Å². The van der Waals surface area contributed by atoms with Gasteiger partial charge < -0.3 is 9.42 Å². The third-order valence-corrected chi connectivity index (χ3v) is 7.81. The highest BCUT2D eigenvalue weighted by molar-refractivity contribution is 7.67. The highest BCUT2D eigenvalue weighted by atomic mass is 31.2. The highest BCUT2D eigenvalue weighted by Crippen LogP contribution is 2.46. The summed E-state index contributed by atoms with van der Waals surface area (Å²) in [5.74, 6) is 0.346. The Morgan fingerprint density at radius 3 is 2.07 bits per heavy atom. The average molecular weight is 424 g/mol. The van der Waals surface area contributed by atoms with Gasteiger partial charge in [-0.15, -0.1) is 0 Å². The van der Waals surface area contributed by atoms with E-state index in [9.17, 15) is 9.36 Å². The lowest BCUT2D eigenvalue weighted by Crippen LogP contribution is -2.36. The Morgan fingerprint density at radius 1 is 0.966 bits per heavy atom. The molecule has 0 spiro atoms. The van der Waals surface area contributed by atoms with Gasteiger partial charge in [0.05, 0.1) is 6.61 Å². The molecule has 0 fully saturated rings. The molecule has 4 nitrogen and oxygen atoms in total. The Bertz CT molecular complexity index is 597. The van der Waals surface area contributed by atoms with Crippen molar-refractivity contribution in [1.29, 1.82) is 0 Å². The van der Waals surface area contributed by atoms with Gasteiger partial charge in [-0.1, -0.05) is 78.0 Å².